The summed E-state index contributed by atoms with van der Waals surface area (Å²) in [5.41, 5.74) is 0.799. The largest absolute Gasteiger partial charge is 0.497 e. The van der Waals surface area contributed by atoms with Gasteiger partial charge in [-0.1, -0.05) is 12.1 Å². The molecule has 18 heavy (non-hydrogen) atoms. The molecule has 1 aromatic carbocycles. The Hall–Kier alpha value is -1.10. The van der Waals surface area contributed by atoms with E-state index in [-0.39, 0.29) is 0 Å². The molecule has 0 saturated carbocycles. The van der Waals surface area contributed by atoms with Crippen LogP contribution >= 0.6 is 0 Å². The first-order chi connectivity index (χ1) is 8.72. The van der Waals surface area contributed by atoms with Crippen molar-refractivity contribution in [2.24, 2.45) is 0 Å². The average Bonchev–Trinajstić information content (AvgIpc) is 2.39. The van der Waals surface area contributed by atoms with E-state index in [1.54, 1.807) is 7.11 Å². The molecule has 0 aromatic heterocycles. The molecule has 0 aliphatic heterocycles. The Bertz CT molecular complexity index is 334. The monoisotopic (exact) mass is 254 g/mol. The minimum atomic E-state index is -1.15. The first-order valence-electron chi connectivity index (χ1n) is 6.28. The Morgan fingerprint density at radius 2 is 1.50 bits per heavy atom. The fourth-order valence-electron chi connectivity index (χ4n) is 1.76. The van der Waals surface area contributed by atoms with E-state index >= 15 is 0 Å². The molecule has 0 amide bonds. The predicted octanol–water partition coefficient (Wildman–Crippen LogP) is 2.92. The summed E-state index contributed by atoms with van der Waals surface area (Å²) in [6.07, 6.45) is 0. The van der Waals surface area contributed by atoms with Crippen molar-refractivity contribution in [3.63, 3.8) is 0 Å². The zero-order chi connectivity index (χ0) is 13.4. The standard InChI is InChI=1S/C14H22O4/c1-5-16-14(17-6-2,18-7-3)12-9-8-10-13(11-12)15-4/h8-11H,5-7H2,1-4H3. The maximum absolute atomic E-state index is 5.70. The zero-order valence-electron chi connectivity index (χ0n) is 11.6. The van der Waals surface area contributed by atoms with E-state index in [1.165, 1.54) is 0 Å². The third kappa shape index (κ3) is 3.45. The second-order valence-corrected chi connectivity index (χ2v) is 3.59. The Balaban J connectivity index is 3.12. The lowest BCUT2D eigenvalue weighted by Crippen LogP contribution is -2.36. The van der Waals surface area contributed by atoms with Crippen LogP contribution in [-0.4, -0.2) is 26.9 Å². The summed E-state index contributed by atoms with van der Waals surface area (Å²) in [6.45, 7) is 7.22. The molecule has 0 bridgehead atoms. The van der Waals surface area contributed by atoms with Gasteiger partial charge in [-0.25, -0.2) is 0 Å². The van der Waals surface area contributed by atoms with Gasteiger partial charge in [0.05, 0.1) is 7.11 Å². The lowest BCUT2D eigenvalue weighted by Gasteiger charge is -2.32. The molecule has 0 fully saturated rings. The Morgan fingerprint density at radius 3 is 1.94 bits per heavy atom. The molecule has 0 radical (unpaired) electrons. The highest BCUT2D eigenvalue weighted by Gasteiger charge is 2.35. The van der Waals surface area contributed by atoms with E-state index in [0.717, 1.165) is 11.3 Å². The molecule has 0 unspecified atom stereocenters. The Kier molecular flexibility index (Phi) is 6.12. The molecule has 0 saturated heterocycles. The maximum atomic E-state index is 5.70. The molecular weight excluding hydrogens is 232 g/mol. The summed E-state index contributed by atoms with van der Waals surface area (Å²) >= 11 is 0. The van der Waals surface area contributed by atoms with Gasteiger partial charge in [-0.05, 0) is 32.9 Å². The van der Waals surface area contributed by atoms with Crippen molar-refractivity contribution < 1.29 is 18.9 Å². The molecule has 1 aromatic rings. The number of hydrogen-bond donors (Lipinski definition) is 0. The van der Waals surface area contributed by atoms with Crippen LogP contribution in [0.5, 0.6) is 5.75 Å². The van der Waals surface area contributed by atoms with Crippen LogP contribution in [0, 0.1) is 0 Å². The lowest BCUT2D eigenvalue weighted by molar-refractivity contribution is -0.389. The van der Waals surface area contributed by atoms with Gasteiger partial charge < -0.3 is 18.9 Å². The highest BCUT2D eigenvalue weighted by molar-refractivity contribution is 5.30. The molecule has 4 heteroatoms. The number of rotatable bonds is 8. The van der Waals surface area contributed by atoms with Crippen LogP contribution in [-0.2, 0) is 20.2 Å². The summed E-state index contributed by atoms with van der Waals surface area (Å²) in [6, 6.07) is 7.53. The molecule has 0 atom stereocenters. The fourth-order valence-corrected chi connectivity index (χ4v) is 1.76. The third-order valence-electron chi connectivity index (χ3n) is 2.43. The van der Waals surface area contributed by atoms with Crippen LogP contribution in [0.15, 0.2) is 24.3 Å². The number of benzene rings is 1. The SMILES string of the molecule is CCOC(OCC)(OCC)c1cccc(OC)c1. The number of ether oxygens (including phenoxy) is 4. The van der Waals surface area contributed by atoms with Crippen molar-refractivity contribution in [1.29, 1.82) is 0 Å². The van der Waals surface area contributed by atoms with Crippen LogP contribution in [0.4, 0.5) is 0 Å². The van der Waals surface area contributed by atoms with Gasteiger partial charge in [0.25, 0.3) is 0 Å². The van der Waals surface area contributed by atoms with Crippen molar-refractivity contribution in [3.8, 4) is 5.75 Å². The van der Waals surface area contributed by atoms with Gasteiger partial charge in [-0.2, -0.15) is 0 Å². The van der Waals surface area contributed by atoms with Crippen molar-refractivity contribution in [3.05, 3.63) is 29.8 Å². The summed E-state index contributed by atoms with van der Waals surface area (Å²) in [5, 5.41) is 0. The van der Waals surface area contributed by atoms with Crippen molar-refractivity contribution >= 4 is 0 Å². The summed E-state index contributed by atoms with van der Waals surface area (Å²) in [7, 11) is 1.63. The van der Waals surface area contributed by atoms with E-state index in [9.17, 15) is 0 Å². The zero-order valence-corrected chi connectivity index (χ0v) is 11.6. The fraction of sp³-hybridized carbons (Fsp3) is 0.571. The quantitative estimate of drug-likeness (QED) is 0.668. The van der Waals surface area contributed by atoms with Gasteiger partial charge in [0.15, 0.2) is 0 Å². The summed E-state index contributed by atoms with van der Waals surface area (Å²) in [5.74, 6) is -0.400. The van der Waals surface area contributed by atoms with Crippen LogP contribution in [0.25, 0.3) is 0 Å². The van der Waals surface area contributed by atoms with E-state index in [1.807, 2.05) is 45.0 Å². The van der Waals surface area contributed by atoms with Gasteiger partial charge in [-0.15, -0.1) is 0 Å². The molecule has 102 valence electrons. The normalized spacial score (nSPS) is 11.6. The highest BCUT2D eigenvalue weighted by atomic mass is 16.9. The van der Waals surface area contributed by atoms with Crippen molar-refractivity contribution in [2.75, 3.05) is 26.9 Å². The minimum absolute atomic E-state index is 0.497. The Labute approximate surface area is 109 Å². The van der Waals surface area contributed by atoms with Gasteiger partial charge in [0, 0.05) is 25.4 Å². The van der Waals surface area contributed by atoms with E-state index in [4.69, 9.17) is 18.9 Å². The van der Waals surface area contributed by atoms with Gasteiger partial charge in [0.1, 0.15) is 5.75 Å². The van der Waals surface area contributed by atoms with Crippen LogP contribution in [0.1, 0.15) is 26.3 Å². The molecule has 0 aliphatic carbocycles. The molecule has 4 nitrogen and oxygen atoms in total. The van der Waals surface area contributed by atoms with E-state index in [2.05, 4.69) is 0 Å². The van der Waals surface area contributed by atoms with Gasteiger partial charge in [0.2, 0.25) is 0 Å². The van der Waals surface area contributed by atoms with E-state index < -0.39 is 5.97 Å². The summed E-state index contributed by atoms with van der Waals surface area (Å²) in [4.78, 5) is 0. The second-order valence-electron chi connectivity index (χ2n) is 3.59. The maximum Gasteiger partial charge on any atom is 0.312 e. The number of hydrogen-bond acceptors (Lipinski definition) is 4. The molecular formula is C14H22O4. The topological polar surface area (TPSA) is 36.9 Å². The lowest BCUT2D eigenvalue weighted by atomic mass is 10.1. The molecule has 0 heterocycles. The third-order valence-corrected chi connectivity index (χ3v) is 2.43. The summed E-state index contributed by atoms with van der Waals surface area (Å²) < 4.78 is 22.3. The van der Waals surface area contributed by atoms with Crippen LogP contribution < -0.4 is 4.74 Å². The first-order valence-corrected chi connectivity index (χ1v) is 6.28. The minimum Gasteiger partial charge on any atom is -0.497 e. The van der Waals surface area contributed by atoms with Crippen molar-refractivity contribution in [1.82, 2.24) is 0 Å². The average molecular weight is 254 g/mol. The van der Waals surface area contributed by atoms with Crippen molar-refractivity contribution in [2.45, 2.75) is 26.7 Å². The van der Waals surface area contributed by atoms with Crippen LogP contribution in [0.2, 0.25) is 0 Å². The predicted molar refractivity (Wildman–Crippen MR) is 69.6 cm³/mol. The second kappa shape index (κ2) is 7.36. The smallest absolute Gasteiger partial charge is 0.312 e. The molecule has 0 aliphatic rings. The van der Waals surface area contributed by atoms with Gasteiger partial charge in [-0.3, -0.25) is 0 Å². The highest BCUT2D eigenvalue weighted by Crippen LogP contribution is 2.31. The van der Waals surface area contributed by atoms with Gasteiger partial charge >= 0.3 is 5.97 Å². The first kappa shape index (κ1) is 15.0. The molecule has 0 N–H and O–H groups in total. The Morgan fingerprint density at radius 1 is 0.944 bits per heavy atom. The molecule has 1 rings (SSSR count). The molecule has 0 spiro atoms. The van der Waals surface area contributed by atoms with Crippen LogP contribution in [0.3, 0.4) is 0 Å². The van der Waals surface area contributed by atoms with E-state index in [0.29, 0.717) is 19.8 Å². The number of methoxy groups -OCH3 is 1.